The van der Waals surface area contributed by atoms with Gasteiger partial charge in [0.2, 0.25) is 11.2 Å². The summed E-state index contributed by atoms with van der Waals surface area (Å²) in [7, 11) is -5.07. The van der Waals surface area contributed by atoms with Crippen LogP contribution >= 0.6 is 0 Å². The van der Waals surface area contributed by atoms with Crippen molar-refractivity contribution in [2.75, 3.05) is 0 Å². The lowest BCUT2D eigenvalue weighted by molar-refractivity contribution is -0.137. The highest BCUT2D eigenvalue weighted by molar-refractivity contribution is 7.87. The summed E-state index contributed by atoms with van der Waals surface area (Å²) in [6, 6.07) is 2.84. The van der Waals surface area contributed by atoms with E-state index >= 15 is 0 Å². The van der Waals surface area contributed by atoms with Crippen LogP contribution in [0.3, 0.4) is 0 Å². The molecule has 0 aromatic heterocycles. The van der Waals surface area contributed by atoms with Gasteiger partial charge < -0.3 is 5.11 Å². The first-order valence-electron chi connectivity index (χ1n) is 4.39. The van der Waals surface area contributed by atoms with Crippen molar-refractivity contribution in [2.45, 2.75) is 11.6 Å². The summed E-state index contributed by atoms with van der Waals surface area (Å²) in [4.78, 5) is 11.3. The lowest BCUT2D eigenvalue weighted by Crippen LogP contribution is -2.29. The van der Waals surface area contributed by atoms with Crippen LogP contribution in [0.4, 0.5) is 13.2 Å². The largest absolute Gasteiger partial charge is 0.416 e. The highest BCUT2D eigenvalue weighted by Gasteiger charge is 2.33. The number of benzene rings is 1. The summed E-state index contributed by atoms with van der Waals surface area (Å²) in [5, 5.41) is 8.93. The molecular weight excluding hydrogens is 277 g/mol. The van der Waals surface area contributed by atoms with Crippen LogP contribution in [0.15, 0.2) is 24.3 Å². The molecular formula is C9H7F3O5S. The third-order valence-corrected chi connectivity index (χ3v) is 2.76. The number of carbonyl (C=O) groups excluding carboxylic acids is 1. The van der Waals surface area contributed by atoms with Gasteiger partial charge in [0.15, 0.2) is 0 Å². The highest BCUT2D eigenvalue weighted by Crippen LogP contribution is 2.29. The number of rotatable bonds is 3. The van der Waals surface area contributed by atoms with Gasteiger partial charge in [-0.25, -0.2) is 0 Å². The molecule has 1 atom stereocenters. The van der Waals surface area contributed by atoms with Crippen molar-refractivity contribution in [3.63, 3.8) is 0 Å². The fraction of sp³-hybridized carbons (Fsp3) is 0.222. The van der Waals surface area contributed by atoms with E-state index in [1.165, 1.54) is 0 Å². The average molecular weight is 284 g/mol. The maximum Gasteiger partial charge on any atom is 0.416 e. The molecule has 100 valence electrons. The molecule has 2 N–H and O–H groups in total. The first-order valence-corrected chi connectivity index (χ1v) is 5.89. The maximum absolute atomic E-state index is 12.3. The Balaban J connectivity index is 3.16. The van der Waals surface area contributed by atoms with Crippen LogP contribution in [0.25, 0.3) is 0 Å². The Kier molecular flexibility index (Phi) is 3.79. The number of hydrogen-bond acceptors (Lipinski definition) is 4. The first-order chi connectivity index (χ1) is 8.03. The molecule has 0 amide bonds. The predicted octanol–water partition coefficient (Wildman–Crippen LogP) is 1.09. The van der Waals surface area contributed by atoms with Crippen LogP contribution in [-0.2, 0) is 16.3 Å². The summed E-state index contributed by atoms with van der Waals surface area (Å²) in [6.45, 7) is 0. The molecule has 1 unspecified atom stereocenters. The number of ketones is 1. The Hall–Kier alpha value is -1.45. The van der Waals surface area contributed by atoms with E-state index in [1.807, 2.05) is 0 Å². The number of Topliss-reactive ketones (excluding diaryl/α,β-unsaturated/α-hetero) is 1. The first kappa shape index (κ1) is 14.6. The summed E-state index contributed by atoms with van der Waals surface area (Å²) >= 11 is 0. The molecule has 1 aromatic carbocycles. The van der Waals surface area contributed by atoms with Crippen molar-refractivity contribution >= 4 is 15.9 Å². The Morgan fingerprint density at radius 2 is 1.83 bits per heavy atom. The summed E-state index contributed by atoms with van der Waals surface area (Å²) in [5.74, 6) is -1.54. The normalized spacial score (nSPS) is 14.3. The number of halogens is 3. The van der Waals surface area contributed by atoms with Crippen LogP contribution < -0.4 is 0 Å². The molecule has 18 heavy (non-hydrogen) atoms. The van der Waals surface area contributed by atoms with Gasteiger partial charge in [0, 0.05) is 5.56 Å². The van der Waals surface area contributed by atoms with E-state index in [0.29, 0.717) is 12.1 Å². The lowest BCUT2D eigenvalue weighted by atomic mass is 10.1. The predicted molar refractivity (Wildman–Crippen MR) is 53.3 cm³/mol. The van der Waals surface area contributed by atoms with Crippen LogP contribution in [-0.4, -0.2) is 29.3 Å². The second-order valence-corrected chi connectivity index (χ2v) is 4.79. The van der Waals surface area contributed by atoms with Gasteiger partial charge in [-0.15, -0.1) is 0 Å². The summed E-state index contributed by atoms with van der Waals surface area (Å²) in [6.07, 6.45) is -4.71. The van der Waals surface area contributed by atoms with Gasteiger partial charge in [-0.3, -0.25) is 9.35 Å². The summed E-state index contributed by atoms with van der Waals surface area (Å²) in [5.41, 5.74) is -4.65. The fourth-order valence-corrected chi connectivity index (χ4v) is 1.53. The van der Waals surface area contributed by atoms with Gasteiger partial charge in [-0.2, -0.15) is 21.6 Å². The Bertz CT molecular complexity index is 564. The number of alkyl halides is 3. The number of aliphatic hydroxyl groups is 1. The molecule has 0 fully saturated rings. The van der Waals surface area contributed by atoms with E-state index < -0.39 is 38.6 Å². The van der Waals surface area contributed by atoms with E-state index in [9.17, 15) is 26.4 Å². The van der Waals surface area contributed by atoms with E-state index in [4.69, 9.17) is 9.66 Å². The lowest BCUT2D eigenvalue weighted by Gasteiger charge is -2.09. The van der Waals surface area contributed by atoms with Crippen LogP contribution in [0, 0.1) is 0 Å². The third kappa shape index (κ3) is 3.28. The average Bonchev–Trinajstić information content (AvgIpc) is 2.25. The molecule has 0 aliphatic rings. The zero-order valence-corrected chi connectivity index (χ0v) is 9.36. The Labute approximate surface area is 99.6 Å². The summed E-state index contributed by atoms with van der Waals surface area (Å²) < 4.78 is 66.4. The minimum atomic E-state index is -5.07. The van der Waals surface area contributed by atoms with E-state index in [1.54, 1.807) is 0 Å². The van der Waals surface area contributed by atoms with Crippen molar-refractivity contribution in [1.29, 1.82) is 0 Å². The second-order valence-electron chi connectivity index (χ2n) is 3.31. The second kappa shape index (κ2) is 4.67. The minimum absolute atomic E-state index is 0.386. The monoisotopic (exact) mass is 284 g/mol. The molecule has 0 saturated carbocycles. The zero-order chi connectivity index (χ0) is 14.1. The molecule has 0 heterocycles. The van der Waals surface area contributed by atoms with Gasteiger partial charge in [-0.05, 0) is 12.1 Å². The Morgan fingerprint density at radius 3 is 2.28 bits per heavy atom. The smallest absolute Gasteiger partial charge is 0.369 e. The molecule has 1 aromatic rings. The molecule has 0 radical (unpaired) electrons. The number of hydrogen-bond donors (Lipinski definition) is 2. The van der Waals surface area contributed by atoms with Crippen LogP contribution in [0.1, 0.15) is 15.9 Å². The molecule has 0 bridgehead atoms. The quantitative estimate of drug-likeness (QED) is 0.640. The SMILES string of the molecule is O=C(c1cccc(C(F)(F)F)c1)C(O)S(=O)(=O)O. The maximum atomic E-state index is 12.3. The topological polar surface area (TPSA) is 91.7 Å². The van der Waals surface area contributed by atoms with Gasteiger partial charge in [0.05, 0.1) is 5.56 Å². The van der Waals surface area contributed by atoms with Gasteiger partial charge in [0.25, 0.3) is 10.1 Å². The molecule has 0 aliphatic heterocycles. The van der Waals surface area contributed by atoms with Crippen LogP contribution in [0.2, 0.25) is 0 Å². The third-order valence-electron chi connectivity index (χ3n) is 1.98. The molecule has 5 nitrogen and oxygen atoms in total. The van der Waals surface area contributed by atoms with E-state index in [2.05, 4.69) is 0 Å². The number of aliphatic hydroxyl groups excluding tert-OH is 1. The van der Waals surface area contributed by atoms with Crippen molar-refractivity contribution in [3.8, 4) is 0 Å². The molecule has 0 aliphatic carbocycles. The number of carbonyl (C=O) groups is 1. The molecule has 1 rings (SSSR count). The highest BCUT2D eigenvalue weighted by atomic mass is 32.2. The zero-order valence-electron chi connectivity index (χ0n) is 8.55. The van der Waals surface area contributed by atoms with Crippen molar-refractivity contribution < 1.29 is 36.0 Å². The fourth-order valence-electron chi connectivity index (χ4n) is 1.13. The molecule has 0 spiro atoms. The standard InChI is InChI=1S/C9H7F3O5S/c10-9(11,12)6-3-1-2-5(4-6)7(13)8(14)18(15,16)17/h1-4,8,14H,(H,15,16,17). The van der Waals surface area contributed by atoms with Crippen molar-refractivity contribution in [1.82, 2.24) is 0 Å². The van der Waals surface area contributed by atoms with Gasteiger partial charge >= 0.3 is 6.18 Å². The molecule has 0 saturated heterocycles. The van der Waals surface area contributed by atoms with E-state index in [0.717, 1.165) is 12.1 Å². The van der Waals surface area contributed by atoms with E-state index in [-0.39, 0.29) is 0 Å². The van der Waals surface area contributed by atoms with Crippen LogP contribution in [0.5, 0.6) is 0 Å². The van der Waals surface area contributed by atoms with Gasteiger partial charge in [-0.1, -0.05) is 12.1 Å². The van der Waals surface area contributed by atoms with Crippen molar-refractivity contribution in [3.05, 3.63) is 35.4 Å². The minimum Gasteiger partial charge on any atom is -0.369 e. The van der Waals surface area contributed by atoms with Gasteiger partial charge in [0.1, 0.15) is 0 Å². The Morgan fingerprint density at radius 1 is 1.28 bits per heavy atom. The van der Waals surface area contributed by atoms with Crippen molar-refractivity contribution in [2.24, 2.45) is 0 Å². The molecule has 9 heteroatoms.